The molecule has 0 spiro atoms. The molecule has 0 aliphatic rings. The van der Waals surface area contributed by atoms with E-state index in [9.17, 15) is 14.4 Å². The zero-order valence-electron chi connectivity index (χ0n) is 47.8. The second-order valence-corrected chi connectivity index (χ2v) is 21.4. The molecule has 0 aromatic rings. The van der Waals surface area contributed by atoms with Crippen LogP contribution in [-0.2, 0) is 28.6 Å². The van der Waals surface area contributed by atoms with Gasteiger partial charge in [0.1, 0.15) is 13.2 Å². The van der Waals surface area contributed by atoms with Crippen molar-refractivity contribution in [3.05, 3.63) is 36.5 Å². The summed E-state index contributed by atoms with van der Waals surface area (Å²) in [7, 11) is 0. The largest absolute Gasteiger partial charge is 0.462 e. The summed E-state index contributed by atoms with van der Waals surface area (Å²) in [5, 5.41) is 0. The average molecular weight is 998 g/mol. The highest BCUT2D eigenvalue weighted by atomic mass is 16.6. The fourth-order valence-electron chi connectivity index (χ4n) is 9.37. The van der Waals surface area contributed by atoms with E-state index in [1.165, 1.54) is 244 Å². The van der Waals surface area contributed by atoms with E-state index >= 15 is 0 Å². The van der Waals surface area contributed by atoms with E-state index in [4.69, 9.17) is 14.2 Å². The molecule has 0 aromatic carbocycles. The fraction of sp³-hybridized carbons (Fsp3) is 0.862. The van der Waals surface area contributed by atoms with E-state index in [1.54, 1.807) is 0 Å². The second-order valence-electron chi connectivity index (χ2n) is 21.4. The summed E-state index contributed by atoms with van der Waals surface area (Å²) in [5.41, 5.74) is 0. The smallest absolute Gasteiger partial charge is 0.306 e. The van der Waals surface area contributed by atoms with E-state index in [2.05, 4.69) is 57.2 Å². The number of esters is 3. The first-order valence-electron chi connectivity index (χ1n) is 31.5. The fourth-order valence-corrected chi connectivity index (χ4v) is 9.37. The summed E-state index contributed by atoms with van der Waals surface area (Å²) in [6.07, 6.45) is 72.8. The average Bonchev–Trinajstić information content (AvgIpc) is 3.37. The number of rotatable bonds is 58. The first-order valence-corrected chi connectivity index (χ1v) is 31.5. The Morgan fingerprint density at radius 1 is 0.282 bits per heavy atom. The quantitative estimate of drug-likeness (QED) is 0.0199. The van der Waals surface area contributed by atoms with E-state index in [0.717, 1.165) is 57.8 Å². The molecule has 71 heavy (non-hydrogen) atoms. The van der Waals surface area contributed by atoms with Crippen LogP contribution >= 0.6 is 0 Å². The first-order chi connectivity index (χ1) is 35.0. The molecule has 0 N–H and O–H groups in total. The summed E-state index contributed by atoms with van der Waals surface area (Å²) in [6.45, 7) is 6.66. The number of ether oxygens (including phenoxy) is 3. The maximum Gasteiger partial charge on any atom is 0.306 e. The highest BCUT2D eigenvalue weighted by Crippen LogP contribution is 2.17. The van der Waals surface area contributed by atoms with Crippen LogP contribution in [0.2, 0.25) is 0 Å². The molecule has 6 heteroatoms. The van der Waals surface area contributed by atoms with Gasteiger partial charge in [0.15, 0.2) is 6.10 Å². The zero-order chi connectivity index (χ0) is 51.4. The van der Waals surface area contributed by atoms with E-state index in [1.807, 2.05) is 0 Å². The molecule has 0 aliphatic carbocycles. The van der Waals surface area contributed by atoms with Gasteiger partial charge >= 0.3 is 17.9 Å². The molecule has 0 saturated carbocycles. The minimum Gasteiger partial charge on any atom is -0.462 e. The molecule has 0 amide bonds. The lowest BCUT2D eigenvalue weighted by molar-refractivity contribution is -0.167. The highest BCUT2D eigenvalue weighted by molar-refractivity contribution is 5.71. The Morgan fingerprint density at radius 3 is 0.817 bits per heavy atom. The maximum atomic E-state index is 12.9. The molecular formula is C65H120O6. The SMILES string of the molecule is CCCCC/C=C\C=C/CCCCCCCCCCCCC(=O)OCC(COC(=O)CCCCCCCCCCCCCCCCC)OC(=O)CCCCCCCCC/C=C\CCCCCCCCCC. The highest BCUT2D eigenvalue weighted by Gasteiger charge is 2.19. The van der Waals surface area contributed by atoms with Gasteiger partial charge in [-0.15, -0.1) is 0 Å². The van der Waals surface area contributed by atoms with Gasteiger partial charge in [-0.05, 0) is 70.6 Å². The molecule has 0 saturated heterocycles. The summed E-state index contributed by atoms with van der Waals surface area (Å²) < 4.78 is 16.9. The molecule has 1 unspecified atom stereocenters. The van der Waals surface area contributed by atoms with Gasteiger partial charge in [0.25, 0.3) is 0 Å². The van der Waals surface area contributed by atoms with Crippen LogP contribution in [0.25, 0.3) is 0 Å². The van der Waals surface area contributed by atoms with Gasteiger partial charge in [-0.2, -0.15) is 0 Å². The normalized spacial score (nSPS) is 12.2. The Balaban J connectivity index is 4.34. The predicted octanol–water partition coefficient (Wildman–Crippen LogP) is 21.2. The maximum absolute atomic E-state index is 12.9. The lowest BCUT2D eigenvalue weighted by Gasteiger charge is -2.18. The third-order valence-electron chi connectivity index (χ3n) is 14.1. The number of carbonyl (C=O) groups is 3. The van der Waals surface area contributed by atoms with Crippen molar-refractivity contribution in [3.63, 3.8) is 0 Å². The molecule has 0 aromatic heterocycles. The van der Waals surface area contributed by atoms with Crippen LogP contribution < -0.4 is 0 Å². The van der Waals surface area contributed by atoms with Crippen LogP contribution in [-0.4, -0.2) is 37.2 Å². The van der Waals surface area contributed by atoms with Gasteiger partial charge in [-0.3, -0.25) is 14.4 Å². The van der Waals surface area contributed by atoms with E-state index in [-0.39, 0.29) is 31.1 Å². The van der Waals surface area contributed by atoms with Crippen molar-refractivity contribution in [1.82, 2.24) is 0 Å². The number of hydrogen-bond acceptors (Lipinski definition) is 6. The standard InChI is InChI=1S/C65H120O6/c1-4-7-10-13-16-19-22-25-28-30-32-34-37-40-43-46-49-52-55-58-64(67)70-61-62(60-69-63(66)57-54-51-48-45-42-39-36-27-24-21-18-15-12-9-6-3)71-65(68)59-56-53-50-47-44-41-38-35-33-31-29-26-23-20-17-14-11-8-5-2/h16,19,22,25,31,33,62H,4-15,17-18,20-21,23-24,26-30,32,34-61H2,1-3H3/b19-16-,25-22-,33-31-. The van der Waals surface area contributed by atoms with Crippen LogP contribution in [0.1, 0.15) is 342 Å². The van der Waals surface area contributed by atoms with Crippen LogP contribution in [0, 0.1) is 0 Å². The third kappa shape index (κ3) is 58.4. The molecule has 0 fully saturated rings. The van der Waals surface area contributed by atoms with Crippen molar-refractivity contribution in [1.29, 1.82) is 0 Å². The summed E-state index contributed by atoms with van der Waals surface area (Å²) >= 11 is 0. The first kappa shape index (κ1) is 68.6. The van der Waals surface area contributed by atoms with Crippen LogP contribution in [0.5, 0.6) is 0 Å². The predicted molar refractivity (Wildman–Crippen MR) is 307 cm³/mol. The molecule has 0 bridgehead atoms. The molecule has 0 radical (unpaired) electrons. The van der Waals surface area contributed by atoms with Gasteiger partial charge in [0, 0.05) is 19.3 Å². The Kier molecular flexibility index (Phi) is 58.2. The van der Waals surface area contributed by atoms with Crippen molar-refractivity contribution in [3.8, 4) is 0 Å². The second kappa shape index (κ2) is 60.2. The van der Waals surface area contributed by atoms with Crippen molar-refractivity contribution in [2.75, 3.05) is 13.2 Å². The van der Waals surface area contributed by atoms with Gasteiger partial charge in [0.05, 0.1) is 0 Å². The third-order valence-corrected chi connectivity index (χ3v) is 14.1. The minimum absolute atomic E-state index is 0.0706. The monoisotopic (exact) mass is 997 g/mol. The zero-order valence-corrected chi connectivity index (χ0v) is 47.8. The molecule has 0 rings (SSSR count). The Morgan fingerprint density at radius 2 is 0.507 bits per heavy atom. The van der Waals surface area contributed by atoms with Crippen LogP contribution in [0.3, 0.4) is 0 Å². The van der Waals surface area contributed by atoms with E-state index in [0.29, 0.717) is 19.3 Å². The molecule has 6 nitrogen and oxygen atoms in total. The minimum atomic E-state index is -0.774. The van der Waals surface area contributed by atoms with Crippen LogP contribution in [0.4, 0.5) is 0 Å². The number of allylic oxidation sites excluding steroid dienone is 6. The van der Waals surface area contributed by atoms with E-state index < -0.39 is 6.10 Å². The van der Waals surface area contributed by atoms with Gasteiger partial charge in [-0.1, -0.05) is 288 Å². The Labute approximate surface area is 442 Å². The number of carbonyl (C=O) groups excluding carboxylic acids is 3. The van der Waals surface area contributed by atoms with Crippen molar-refractivity contribution in [2.45, 2.75) is 348 Å². The lowest BCUT2D eigenvalue weighted by atomic mass is 10.0. The van der Waals surface area contributed by atoms with Crippen molar-refractivity contribution in [2.24, 2.45) is 0 Å². The molecular weight excluding hydrogens is 877 g/mol. The summed E-state index contributed by atoms with van der Waals surface area (Å²) in [4.78, 5) is 38.3. The molecule has 0 aliphatic heterocycles. The van der Waals surface area contributed by atoms with Gasteiger partial charge in [0.2, 0.25) is 0 Å². The van der Waals surface area contributed by atoms with Gasteiger partial charge < -0.3 is 14.2 Å². The van der Waals surface area contributed by atoms with Crippen molar-refractivity contribution < 1.29 is 28.6 Å². The molecule has 1 atom stereocenters. The number of hydrogen-bond donors (Lipinski definition) is 0. The van der Waals surface area contributed by atoms with Crippen molar-refractivity contribution >= 4 is 17.9 Å². The summed E-state index contributed by atoms with van der Waals surface area (Å²) in [5.74, 6) is -0.856. The number of unbranched alkanes of at least 4 members (excludes halogenated alkanes) is 42. The Hall–Kier alpha value is -2.37. The molecule has 416 valence electrons. The lowest BCUT2D eigenvalue weighted by Crippen LogP contribution is -2.30. The van der Waals surface area contributed by atoms with Gasteiger partial charge in [-0.25, -0.2) is 0 Å². The summed E-state index contributed by atoms with van der Waals surface area (Å²) in [6, 6.07) is 0. The molecule has 0 heterocycles. The van der Waals surface area contributed by atoms with Crippen LogP contribution in [0.15, 0.2) is 36.5 Å². The Bertz CT molecular complexity index is 1190. The topological polar surface area (TPSA) is 78.9 Å².